The van der Waals surface area contributed by atoms with Crippen LogP contribution in [0, 0.1) is 11.6 Å². The van der Waals surface area contributed by atoms with Gasteiger partial charge in [0.25, 0.3) is 0 Å². The minimum atomic E-state index is -0.632. The molecule has 0 bridgehead atoms. The molecule has 2 aromatic rings. The highest BCUT2D eigenvalue weighted by Crippen LogP contribution is 2.31. The summed E-state index contributed by atoms with van der Waals surface area (Å²) in [5.41, 5.74) is 0.211. The van der Waals surface area contributed by atoms with Crippen molar-refractivity contribution in [1.29, 1.82) is 0 Å². The number of halogens is 2. The van der Waals surface area contributed by atoms with Crippen LogP contribution in [-0.4, -0.2) is 48.1 Å². The molecule has 2 amide bonds. The Kier molecular flexibility index (Phi) is 4.45. The van der Waals surface area contributed by atoms with Crippen molar-refractivity contribution in [1.82, 2.24) is 15.2 Å². The van der Waals surface area contributed by atoms with E-state index >= 15 is 0 Å². The lowest BCUT2D eigenvalue weighted by molar-refractivity contribution is 0.190. The molecule has 2 fully saturated rings. The Morgan fingerprint density at radius 2 is 1.88 bits per heavy atom. The number of fused-ring (bicyclic) bond motifs is 1. The number of amides is 2. The number of benzene rings is 1. The number of hydrogen-bond acceptors (Lipinski definition) is 4. The lowest BCUT2D eigenvalue weighted by atomic mass is 10.2. The fraction of sp³-hybridized carbons (Fsp3) is 0.529. The molecule has 1 aliphatic heterocycles. The molecule has 1 aromatic heterocycles. The van der Waals surface area contributed by atoms with Crippen LogP contribution in [0.25, 0.3) is 10.2 Å². The molecule has 0 radical (unpaired) electrons. The van der Waals surface area contributed by atoms with E-state index in [0.717, 1.165) is 18.9 Å². The van der Waals surface area contributed by atoms with Gasteiger partial charge < -0.3 is 15.1 Å². The fourth-order valence-electron chi connectivity index (χ4n) is 3.52. The summed E-state index contributed by atoms with van der Waals surface area (Å²) in [7, 11) is 0. The molecular weight excluding hydrogens is 346 g/mol. The molecule has 134 valence electrons. The second kappa shape index (κ2) is 6.74. The first-order chi connectivity index (χ1) is 12.1. The van der Waals surface area contributed by atoms with E-state index in [9.17, 15) is 13.6 Å². The van der Waals surface area contributed by atoms with Crippen molar-refractivity contribution in [2.45, 2.75) is 31.7 Å². The van der Waals surface area contributed by atoms with Crippen molar-refractivity contribution in [2.75, 3.05) is 31.1 Å². The summed E-state index contributed by atoms with van der Waals surface area (Å²) >= 11 is 1.28. The topological polar surface area (TPSA) is 48.5 Å². The quantitative estimate of drug-likeness (QED) is 0.887. The highest BCUT2D eigenvalue weighted by atomic mass is 32.1. The van der Waals surface area contributed by atoms with E-state index in [1.807, 2.05) is 9.80 Å². The summed E-state index contributed by atoms with van der Waals surface area (Å²) in [5.74, 6) is -1.22. The smallest absolute Gasteiger partial charge is 0.317 e. The minimum absolute atomic E-state index is 0.00367. The van der Waals surface area contributed by atoms with Crippen molar-refractivity contribution in [3.8, 4) is 0 Å². The molecule has 0 spiro atoms. The van der Waals surface area contributed by atoms with Gasteiger partial charge in [-0.15, -0.1) is 0 Å². The second-order valence-corrected chi connectivity index (χ2v) is 7.64. The predicted molar refractivity (Wildman–Crippen MR) is 94.1 cm³/mol. The third-order valence-electron chi connectivity index (χ3n) is 4.92. The number of aromatic nitrogens is 1. The summed E-state index contributed by atoms with van der Waals surface area (Å²) in [6, 6.07) is 2.48. The third kappa shape index (κ3) is 3.40. The van der Waals surface area contributed by atoms with Crippen LogP contribution in [0.2, 0.25) is 0 Å². The zero-order valence-corrected chi connectivity index (χ0v) is 14.6. The molecule has 2 aliphatic rings. The first-order valence-corrected chi connectivity index (χ1v) is 9.48. The molecule has 1 aromatic carbocycles. The molecule has 1 saturated heterocycles. The Hall–Kier alpha value is -1.96. The first kappa shape index (κ1) is 16.5. The van der Waals surface area contributed by atoms with Crippen LogP contribution < -0.4 is 10.2 Å². The largest absolute Gasteiger partial charge is 0.345 e. The number of carbonyl (C=O) groups is 1. The molecule has 8 heteroatoms. The lowest BCUT2D eigenvalue weighted by Crippen LogP contribution is -2.53. The Labute approximate surface area is 148 Å². The molecule has 2 heterocycles. The van der Waals surface area contributed by atoms with Crippen molar-refractivity contribution in [2.24, 2.45) is 0 Å². The van der Waals surface area contributed by atoms with Crippen LogP contribution in [0.1, 0.15) is 25.7 Å². The van der Waals surface area contributed by atoms with Crippen molar-refractivity contribution >= 4 is 32.7 Å². The van der Waals surface area contributed by atoms with E-state index in [1.54, 1.807) is 0 Å². The van der Waals surface area contributed by atoms with Gasteiger partial charge in [0.05, 0.1) is 4.70 Å². The lowest BCUT2D eigenvalue weighted by Gasteiger charge is -2.35. The minimum Gasteiger partial charge on any atom is -0.345 e. The van der Waals surface area contributed by atoms with E-state index in [1.165, 1.54) is 30.2 Å². The number of thiazole rings is 1. The number of nitrogens with zero attached hydrogens (tertiary/aromatic N) is 3. The highest BCUT2D eigenvalue weighted by molar-refractivity contribution is 7.22. The molecule has 1 N–H and O–H groups in total. The maximum absolute atomic E-state index is 13.8. The number of hydrogen-bond donors (Lipinski definition) is 1. The monoisotopic (exact) mass is 366 g/mol. The molecular formula is C17H20F2N4OS. The Morgan fingerprint density at radius 3 is 2.60 bits per heavy atom. The third-order valence-corrected chi connectivity index (χ3v) is 5.99. The summed E-state index contributed by atoms with van der Waals surface area (Å²) in [5, 5.41) is 3.78. The van der Waals surface area contributed by atoms with Gasteiger partial charge in [0.15, 0.2) is 10.9 Å². The average molecular weight is 366 g/mol. The number of nitrogens with one attached hydrogen (secondary N) is 1. The Bertz CT molecular complexity index is 782. The average Bonchev–Trinajstić information content (AvgIpc) is 3.24. The van der Waals surface area contributed by atoms with E-state index in [4.69, 9.17) is 0 Å². The highest BCUT2D eigenvalue weighted by Gasteiger charge is 2.26. The first-order valence-electron chi connectivity index (χ1n) is 8.66. The SMILES string of the molecule is O=C(NC1CCCC1)N1CCN(c2nc3c(F)cc(F)cc3s2)CC1. The number of anilines is 1. The normalized spacial score (nSPS) is 19.0. The zero-order chi connectivity index (χ0) is 17.4. The van der Waals surface area contributed by atoms with Gasteiger partial charge in [-0.1, -0.05) is 24.2 Å². The van der Waals surface area contributed by atoms with Gasteiger partial charge in [0.2, 0.25) is 0 Å². The van der Waals surface area contributed by atoms with Gasteiger partial charge in [-0.2, -0.15) is 0 Å². The summed E-state index contributed by atoms with van der Waals surface area (Å²) < 4.78 is 27.7. The van der Waals surface area contributed by atoms with Gasteiger partial charge in [0.1, 0.15) is 11.3 Å². The number of carbonyl (C=O) groups excluding carboxylic acids is 1. The van der Waals surface area contributed by atoms with E-state index in [-0.39, 0.29) is 11.5 Å². The van der Waals surface area contributed by atoms with Crippen LogP contribution in [0.5, 0.6) is 0 Å². The van der Waals surface area contributed by atoms with Crippen molar-refractivity contribution in [3.05, 3.63) is 23.8 Å². The Balaban J connectivity index is 1.40. The van der Waals surface area contributed by atoms with Gasteiger partial charge in [-0.3, -0.25) is 0 Å². The summed E-state index contributed by atoms with van der Waals surface area (Å²) in [6.45, 7) is 2.49. The summed E-state index contributed by atoms with van der Waals surface area (Å²) in [6.07, 6.45) is 4.51. The maximum Gasteiger partial charge on any atom is 0.317 e. The van der Waals surface area contributed by atoms with Crippen LogP contribution in [0.4, 0.5) is 18.7 Å². The van der Waals surface area contributed by atoms with Gasteiger partial charge in [0, 0.05) is 38.3 Å². The number of rotatable bonds is 2. The van der Waals surface area contributed by atoms with Crippen LogP contribution in [-0.2, 0) is 0 Å². The molecule has 1 aliphatic carbocycles. The van der Waals surface area contributed by atoms with Gasteiger partial charge in [-0.05, 0) is 18.9 Å². The molecule has 1 saturated carbocycles. The second-order valence-electron chi connectivity index (χ2n) is 6.64. The van der Waals surface area contributed by atoms with Gasteiger partial charge in [-0.25, -0.2) is 18.6 Å². The molecule has 0 atom stereocenters. The number of urea groups is 1. The van der Waals surface area contributed by atoms with Gasteiger partial charge >= 0.3 is 6.03 Å². The van der Waals surface area contributed by atoms with Crippen LogP contribution in [0.15, 0.2) is 12.1 Å². The number of piperazine rings is 1. The Morgan fingerprint density at radius 1 is 1.16 bits per heavy atom. The van der Waals surface area contributed by atoms with E-state index < -0.39 is 11.6 Å². The summed E-state index contributed by atoms with van der Waals surface area (Å²) in [4.78, 5) is 20.5. The van der Waals surface area contributed by atoms with Crippen LogP contribution >= 0.6 is 11.3 Å². The van der Waals surface area contributed by atoms with Crippen molar-refractivity contribution < 1.29 is 13.6 Å². The van der Waals surface area contributed by atoms with Crippen molar-refractivity contribution in [3.63, 3.8) is 0 Å². The molecule has 25 heavy (non-hydrogen) atoms. The van der Waals surface area contributed by atoms with E-state index in [0.29, 0.717) is 42.1 Å². The standard InChI is InChI=1S/C17H20F2N4OS/c18-11-9-13(19)15-14(10-11)25-17(21-15)23-7-5-22(6-8-23)16(24)20-12-3-1-2-4-12/h9-10,12H,1-8H2,(H,20,24). The van der Waals surface area contributed by atoms with Crippen LogP contribution in [0.3, 0.4) is 0 Å². The molecule has 4 rings (SSSR count). The predicted octanol–water partition coefficient (Wildman–Crippen LogP) is 3.35. The molecule has 0 unspecified atom stereocenters. The van der Waals surface area contributed by atoms with E-state index in [2.05, 4.69) is 10.3 Å². The molecule has 5 nitrogen and oxygen atoms in total. The fourth-order valence-corrected chi connectivity index (χ4v) is 4.57. The zero-order valence-electron chi connectivity index (χ0n) is 13.8. The maximum atomic E-state index is 13.8.